The molecule has 0 heterocycles. The fourth-order valence-corrected chi connectivity index (χ4v) is 2.59. The summed E-state index contributed by atoms with van der Waals surface area (Å²) in [5.41, 5.74) is 3.38. The highest BCUT2D eigenvalue weighted by molar-refractivity contribution is 6.30. The lowest BCUT2D eigenvalue weighted by Gasteiger charge is -2.17. The highest BCUT2D eigenvalue weighted by Gasteiger charge is 2.21. The van der Waals surface area contributed by atoms with Crippen LogP contribution >= 0.6 is 11.6 Å². The van der Waals surface area contributed by atoms with E-state index in [0.717, 1.165) is 23.1 Å². The molecule has 1 aliphatic carbocycles. The van der Waals surface area contributed by atoms with E-state index in [0.29, 0.717) is 17.0 Å². The van der Waals surface area contributed by atoms with Crippen LogP contribution in [-0.4, -0.2) is 10.9 Å². The Morgan fingerprint density at radius 1 is 1.05 bits per heavy atom. The van der Waals surface area contributed by atoms with Crippen molar-refractivity contribution >= 4 is 23.5 Å². The second-order valence-corrected chi connectivity index (χ2v) is 5.33. The molecule has 100 valence electrons. The Balaban J connectivity index is 1.95. The van der Waals surface area contributed by atoms with Crippen LogP contribution in [-0.2, 0) is 6.42 Å². The standard InChI is InChI=1S/C17H13ClO2/c18-14-5-1-11(2-6-14)9-13-4-3-12-10-15(19)7-8-16(12)17(13)20/h1-2,5-10,19H,3-4H2/b13-9+. The highest BCUT2D eigenvalue weighted by atomic mass is 35.5. The average Bonchev–Trinajstić information content (AvgIpc) is 2.44. The van der Waals surface area contributed by atoms with Gasteiger partial charge in [0.1, 0.15) is 5.75 Å². The van der Waals surface area contributed by atoms with E-state index >= 15 is 0 Å². The van der Waals surface area contributed by atoms with Crippen molar-refractivity contribution in [3.05, 3.63) is 69.8 Å². The van der Waals surface area contributed by atoms with Crippen LogP contribution in [0.1, 0.15) is 27.9 Å². The monoisotopic (exact) mass is 284 g/mol. The van der Waals surface area contributed by atoms with E-state index in [2.05, 4.69) is 0 Å². The maximum Gasteiger partial charge on any atom is 0.189 e. The highest BCUT2D eigenvalue weighted by Crippen LogP contribution is 2.29. The molecule has 0 amide bonds. The summed E-state index contributed by atoms with van der Waals surface area (Å²) in [5.74, 6) is 0.253. The zero-order valence-electron chi connectivity index (χ0n) is 10.8. The summed E-state index contributed by atoms with van der Waals surface area (Å²) >= 11 is 5.85. The average molecular weight is 285 g/mol. The molecular weight excluding hydrogens is 272 g/mol. The minimum Gasteiger partial charge on any atom is -0.508 e. The molecule has 0 atom stereocenters. The molecule has 0 aliphatic heterocycles. The van der Waals surface area contributed by atoms with Crippen molar-refractivity contribution in [2.24, 2.45) is 0 Å². The van der Waals surface area contributed by atoms with Crippen LogP contribution in [0.4, 0.5) is 0 Å². The topological polar surface area (TPSA) is 37.3 Å². The summed E-state index contributed by atoms with van der Waals surface area (Å²) in [6.45, 7) is 0. The van der Waals surface area contributed by atoms with E-state index in [4.69, 9.17) is 11.6 Å². The third kappa shape index (κ3) is 2.47. The molecule has 20 heavy (non-hydrogen) atoms. The minimum absolute atomic E-state index is 0.0428. The number of hydrogen-bond acceptors (Lipinski definition) is 2. The largest absolute Gasteiger partial charge is 0.508 e. The van der Waals surface area contributed by atoms with Crippen molar-refractivity contribution in [1.82, 2.24) is 0 Å². The number of ketones is 1. The van der Waals surface area contributed by atoms with Crippen molar-refractivity contribution in [1.29, 1.82) is 0 Å². The van der Waals surface area contributed by atoms with E-state index in [1.54, 1.807) is 18.2 Å². The van der Waals surface area contributed by atoms with Gasteiger partial charge < -0.3 is 5.11 Å². The number of aromatic hydroxyl groups is 1. The molecule has 2 aromatic rings. The molecule has 0 saturated carbocycles. The first-order chi connectivity index (χ1) is 9.63. The van der Waals surface area contributed by atoms with Gasteiger partial charge in [0.2, 0.25) is 0 Å². The van der Waals surface area contributed by atoms with Crippen LogP contribution in [0.2, 0.25) is 5.02 Å². The number of carbonyl (C=O) groups excluding carboxylic acids is 1. The molecule has 0 bridgehead atoms. The normalized spacial score (nSPS) is 16.2. The lowest BCUT2D eigenvalue weighted by molar-refractivity contribution is 0.102. The van der Waals surface area contributed by atoms with Gasteiger partial charge >= 0.3 is 0 Å². The Labute approximate surface area is 122 Å². The number of allylic oxidation sites excluding steroid dienone is 1. The Morgan fingerprint density at radius 3 is 2.55 bits per heavy atom. The lowest BCUT2D eigenvalue weighted by Crippen LogP contribution is -2.13. The van der Waals surface area contributed by atoms with Crippen molar-refractivity contribution in [2.75, 3.05) is 0 Å². The van der Waals surface area contributed by atoms with Gasteiger partial charge in [-0.2, -0.15) is 0 Å². The van der Waals surface area contributed by atoms with Gasteiger partial charge in [0.15, 0.2) is 5.78 Å². The zero-order chi connectivity index (χ0) is 14.1. The van der Waals surface area contributed by atoms with E-state index in [-0.39, 0.29) is 11.5 Å². The molecule has 2 aromatic carbocycles. The van der Waals surface area contributed by atoms with Gasteiger partial charge in [0.05, 0.1) is 0 Å². The molecule has 0 unspecified atom stereocenters. The van der Waals surface area contributed by atoms with Gasteiger partial charge in [-0.05, 0) is 60.4 Å². The SMILES string of the molecule is O=C1/C(=C/c2ccc(Cl)cc2)CCc2cc(O)ccc21. The minimum atomic E-state index is 0.0428. The molecule has 0 saturated heterocycles. The third-order valence-corrected chi connectivity index (χ3v) is 3.75. The predicted octanol–water partition coefficient (Wildman–Crippen LogP) is 4.26. The van der Waals surface area contributed by atoms with Gasteiger partial charge in [-0.3, -0.25) is 4.79 Å². The van der Waals surface area contributed by atoms with Gasteiger partial charge in [-0.15, -0.1) is 0 Å². The number of phenolic OH excluding ortho intramolecular Hbond substituents is 1. The quantitative estimate of drug-likeness (QED) is 0.795. The molecule has 3 rings (SSSR count). The zero-order valence-corrected chi connectivity index (χ0v) is 11.5. The molecule has 3 heteroatoms. The summed E-state index contributed by atoms with van der Waals surface area (Å²) in [6, 6.07) is 12.3. The van der Waals surface area contributed by atoms with Crippen molar-refractivity contribution < 1.29 is 9.90 Å². The van der Waals surface area contributed by atoms with Crippen LogP contribution in [0.15, 0.2) is 48.0 Å². The number of hydrogen-bond donors (Lipinski definition) is 1. The van der Waals surface area contributed by atoms with Crippen LogP contribution in [0.3, 0.4) is 0 Å². The summed E-state index contributed by atoms with van der Waals surface area (Å²) < 4.78 is 0. The van der Waals surface area contributed by atoms with Gasteiger partial charge in [0, 0.05) is 16.2 Å². The molecule has 1 aliphatic rings. The third-order valence-electron chi connectivity index (χ3n) is 3.50. The number of Topliss-reactive ketones (excluding diaryl/α,β-unsaturated/α-hetero) is 1. The first-order valence-corrected chi connectivity index (χ1v) is 6.84. The second-order valence-electron chi connectivity index (χ2n) is 4.89. The molecule has 2 nitrogen and oxygen atoms in total. The Kier molecular flexibility index (Phi) is 3.33. The lowest BCUT2D eigenvalue weighted by atomic mass is 9.86. The van der Waals surface area contributed by atoms with E-state index in [9.17, 15) is 9.90 Å². The maximum absolute atomic E-state index is 12.4. The smallest absolute Gasteiger partial charge is 0.189 e. The summed E-state index contributed by atoms with van der Waals surface area (Å²) in [6.07, 6.45) is 3.38. The summed E-state index contributed by atoms with van der Waals surface area (Å²) in [5, 5.41) is 10.1. The number of halogens is 1. The Morgan fingerprint density at radius 2 is 1.80 bits per heavy atom. The summed E-state index contributed by atoms with van der Waals surface area (Å²) in [7, 11) is 0. The molecule has 0 aromatic heterocycles. The van der Waals surface area contributed by atoms with Gasteiger partial charge in [-0.25, -0.2) is 0 Å². The number of phenols is 1. The van der Waals surface area contributed by atoms with E-state index in [1.165, 1.54) is 0 Å². The van der Waals surface area contributed by atoms with Crippen LogP contribution in [0.25, 0.3) is 6.08 Å². The van der Waals surface area contributed by atoms with E-state index in [1.807, 2.05) is 30.3 Å². The first kappa shape index (κ1) is 12.9. The van der Waals surface area contributed by atoms with Crippen molar-refractivity contribution in [2.45, 2.75) is 12.8 Å². The summed E-state index contributed by atoms with van der Waals surface area (Å²) in [4.78, 5) is 12.4. The predicted molar refractivity (Wildman–Crippen MR) is 80.2 cm³/mol. The van der Waals surface area contributed by atoms with Crippen LogP contribution in [0.5, 0.6) is 5.75 Å². The number of rotatable bonds is 1. The fourth-order valence-electron chi connectivity index (χ4n) is 2.46. The van der Waals surface area contributed by atoms with Gasteiger partial charge in [0.25, 0.3) is 0 Å². The van der Waals surface area contributed by atoms with Crippen LogP contribution in [0, 0.1) is 0 Å². The first-order valence-electron chi connectivity index (χ1n) is 6.46. The van der Waals surface area contributed by atoms with Crippen molar-refractivity contribution in [3.63, 3.8) is 0 Å². The molecule has 0 radical (unpaired) electrons. The molecule has 0 spiro atoms. The number of aryl methyl sites for hydroxylation is 1. The number of fused-ring (bicyclic) bond motifs is 1. The Hall–Kier alpha value is -2.06. The molecule has 1 N–H and O–H groups in total. The maximum atomic E-state index is 12.4. The second kappa shape index (κ2) is 5.14. The van der Waals surface area contributed by atoms with Crippen LogP contribution < -0.4 is 0 Å². The van der Waals surface area contributed by atoms with Crippen molar-refractivity contribution in [3.8, 4) is 5.75 Å². The molecule has 0 fully saturated rings. The van der Waals surface area contributed by atoms with Gasteiger partial charge in [-0.1, -0.05) is 23.7 Å². The molecular formula is C17H13ClO2. The number of carbonyl (C=O) groups is 1. The Bertz CT molecular complexity index is 699. The van der Waals surface area contributed by atoms with E-state index < -0.39 is 0 Å². The number of benzene rings is 2. The fraction of sp³-hybridized carbons (Fsp3) is 0.118.